The number of aromatic hydroxyl groups is 1. The van der Waals surface area contributed by atoms with Crippen LogP contribution in [0.25, 0.3) is 28.0 Å². The van der Waals surface area contributed by atoms with E-state index in [1.54, 1.807) is 23.1 Å². The molecule has 2 aliphatic rings. The number of rotatable bonds is 13. The second-order valence-electron chi connectivity index (χ2n) is 11.6. The zero-order chi connectivity index (χ0) is 33.6. The van der Waals surface area contributed by atoms with Gasteiger partial charge in [0.05, 0.1) is 24.2 Å². The number of thiocarbonyl (C=S) groups is 1. The fraction of sp³-hybridized carbons (Fsp3) is 0.270. The number of hydrogen-bond acceptors (Lipinski definition) is 9. The fourth-order valence-corrected chi connectivity index (χ4v) is 7.13. The van der Waals surface area contributed by atoms with Gasteiger partial charge in [-0.1, -0.05) is 48.2 Å². The number of benzene rings is 4. The number of fused-ring (bicyclic) bond motifs is 1. The molecule has 0 aromatic heterocycles. The van der Waals surface area contributed by atoms with Crippen molar-refractivity contribution in [3.05, 3.63) is 88.8 Å². The highest BCUT2D eigenvalue weighted by Crippen LogP contribution is 2.37. The Morgan fingerprint density at radius 1 is 0.875 bits per heavy atom. The molecule has 0 saturated carbocycles. The first kappa shape index (κ1) is 33.3. The van der Waals surface area contributed by atoms with E-state index in [2.05, 4.69) is 11.0 Å². The fourth-order valence-electron chi connectivity index (χ4n) is 5.83. The van der Waals surface area contributed by atoms with Gasteiger partial charge in [-0.3, -0.25) is 14.6 Å². The summed E-state index contributed by atoms with van der Waals surface area (Å²) in [5.41, 5.74) is 2.88. The van der Waals surface area contributed by atoms with Gasteiger partial charge in [-0.2, -0.15) is 0 Å². The van der Waals surface area contributed by atoms with Gasteiger partial charge in [-0.15, -0.1) is 0 Å². The number of nitrogens with zero attached hydrogens (tertiary/aromatic N) is 2. The third kappa shape index (κ3) is 7.75. The lowest BCUT2D eigenvalue weighted by atomic mass is 9.99. The average Bonchev–Trinajstić information content (AvgIpc) is 3.70. The van der Waals surface area contributed by atoms with Crippen LogP contribution in [0.15, 0.2) is 77.7 Å². The number of carbonyl (C=O) groups is 2. The number of aromatic carboxylic acids is 1. The van der Waals surface area contributed by atoms with Gasteiger partial charge in [0, 0.05) is 18.7 Å². The van der Waals surface area contributed by atoms with Crippen LogP contribution in [0.3, 0.4) is 0 Å². The standard InChI is InChI=1S/C37H36N2O7S2/c1-44-33-22-28(36(42)43)9-12-32(33)45-17-4-15-39-35(41)34(48-37(39)47)23-29-20-26(8-11-31(29)46-18-16-38-13-2-3-14-38)24-5-6-27-21-30(40)10-7-25(27)19-24/h5-12,19-23,40H,2-4,13-18H2,1H3,(H,42,43)/b34-23-. The molecule has 0 atom stereocenters. The van der Waals surface area contributed by atoms with Gasteiger partial charge in [0.1, 0.15) is 22.4 Å². The third-order valence-corrected chi connectivity index (χ3v) is 9.76. The molecule has 4 aromatic carbocycles. The van der Waals surface area contributed by atoms with Crippen LogP contribution in [0.5, 0.6) is 23.0 Å². The monoisotopic (exact) mass is 684 g/mol. The number of carbonyl (C=O) groups excluding carboxylic acids is 1. The Bertz CT molecular complexity index is 1890. The predicted octanol–water partition coefficient (Wildman–Crippen LogP) is 7.06. The molecule has 0 radical (unpaired) electrons. The number of carboxylic acid groups (broad SMARTS) is 1. The molecule has 9 nitrogen and oxygen atoms in total. The number of likely N-dealkylation sites (tertiary alicyclic amines) is 1. The number of phenolic OH excluding ortho intramolecular Hbond substituents is 1. The number of hydrogen-bond donors (Lipinski definition) is 2. The summed E-state index contributed by atoms with van der Waals surface area (Å²) in [7, 11) is 1.45. The van der Waals surface area contributed by atoms with E-state index < -0.39 is 5.97 Å². The first-order valence-corrected chi connectivity index (χ1v) is 17.0. The van der Waals surface area contributed by atoms with E-state index in [4.69, 9.17) is 26.4 Å². The number of thioether (sulfide) groups is 1. The molecule has 2 aliphatic heterocycles. The Balaban J connectivity index is 1.18. The molecular weight excluding hydrogens is 649 g/mol. The summed E-state index contributed by atoms with van der Waals surface area (Å²) in [5, 5.41) is 21.1. The van der Waals surface area contributed by atoms with E-state index in [9.17, 15) is 19.8 Å². The van der Waals surface area contributed by atoms with Crippen molar-refractivity contribution < 1.29 is 34.0 Å². The van der Waals surface area contributed by atoms with Crippen molar-refractivity contribution in [3.8, 4) is 34.1 Å². The van der Waals surface area contributed by atoms with Crippen molar-refractivity contribution in [1.29, 1.82) is 0 Å². The van der Waals surface area contributed by atoms with Gasteiger partial charge in [-0.05, 0) is 109 Å². The minimum Gasteiger partial charge on any atom is -0.508 e. The second kappa shape index (κ2) is 15.1. The van der Waals surface area contributed by atoms with Gasteiger partial charge >= 0.3 is 5.97 Å². The molecule has 0 aliphatic carbocycles. The summed E-state index contributed by atoms with van der Waals surface area (Å²) in [4.78, 5) is 29.3. The van der Waals surface area contributed by atoms with Gasteiger partial charge in [0.25, 0.3) is 5.91 Å². The average molecular weight is 685 g/mol. The summed E-state index contributed by atoms with van der Waals surface area (Å²) in [6, 6.07) is 21.9. The van der Waals surface area contributed by atoms with Crippen LogP contribution in [0.2, 0.25) is 0 Å². The van der Waals surface area contributed by atoms with E-state index in [1.807, 2.05) is 42.5 Å². The molecular formula is C37H36N2O7S2. The lowest BCUT2D eigenvalue weighted by molar-refractivity contribution is -0.122. The Hall–Kier alpha value is -4.58. The van der Waals surface area contributed by atoms with E-state index in [0.29, 0.717) is 46.0 Å². The summed E-state index contributed by atoms with van der Waals surface area (Å²) < 4.78 is 17.9. The van der Waals surface area contributed by atoms with Gasteiger partial charge in [0.2, 0.25) is 0 Å². The lowest BCUT2D eigenvalue weighted by Crippen LogP contribution is -2.30. The van der Waals surface area contributed by atoms with Gasteiger partial charge in [0.15, 0.2) is 11.5 Å². The van der Waals surface area contributed by atoms with Crippen LogP contribution in [0, 0.1) is 0 Å². The van der Waals surface area contributed by atoms with Crippen molar-refractivity contribution in [2.24, 2.45) is 0 Å². The predicted molar refractivity (Wildman–Crippen MR) is 192 cm³/mol. The Morgan fingerprint density at radius 3 is 2.38 bits per heavy atom. The van der Waals surface area contributed by atoms with Gasteiger partial charge < -0.3 is 24.4 Å². The van der Waals surface area contributed by atoms with Crippen LogP contribution in [0.4, 0.5) is 0 Å². The highest BCUT2D eigenvalue weighted by Gasteiger charge is 2.32. The minimum atomic E-state index is -1.05. The molecule has 2 fully saturated rings. The topological polar surface area (TPSA) is 109 Å². The number of methoxy groups -OCH3 is 1. The summed E-state index contributed by atoms with van der Waals surface area (Å²) >= 11 is 6.87. The molecule has 0 spiro atoms. The summed E-state index contributed by atoms with van der Waals surface area (Å²) in [6.45, 7) is 4.22. The zero-order valence-electron chi connectivity index (χ0n) is 26.5. The van der Waals surface area contributed by atoms with Crippen LogP contribution in [-0.4, -0.2) is 82.7 Å². The van der Waals surface area contributed by atoms with Crippen molar-refractivity contribution in [2.75, 3.05) is 46.5 Å². The minimum absolute atomic E-state index is 0.104. The molecule has 248 valence electrons. The van der Waals surface area contributed by atoms with Crippen LogP contribution >= 0.6 is 24.0 Å². The number of ether oxygens (including phenoxy) is 3. The first-order valence-electron chi connectivity index (χ1n) is 15.8. The van der Waals surface area contributed by atoms with Crippen LogP contribution in [0.1, 0.15) is 35.2 Å². The second-order valence-corrected chi connectivity index (χ2v) is 13.3. The molecule has 0 bridgehead atoms. The highest BCUT2D eigenvalue weighted by atomic mass is 32.2. The molecule has 2 N–H and O–H groups in total. The maximum atomic E-state index is 13.6. The normalized spacial score (nSPS) is 15.9. The lowest BCUT2D eigenvalue weighted by Gasteiger charge is -2.17. The first-order chi connectivity index (χ1) is 23.3. The quantitative estimate of drug-likeness (QED) is 0.0863. The Morgan fingerprint density at radius 2 is 1.58 bits per heavy atom. The molecule has 0 unspecified atom stereocenters. The Labute approximate surface area is 288 Å². The van der Waals surface area contributed by atoms with E-state index >= 15 is 0 Å². The largest absolute Gasteiger partial charge is 0.508 e. The number of amides is 1. The smallest absolute Gasteiger partial charge is 0.335 e. The van der Waals surface area contributed by atoms with E-state index in [0.717, 1.165) is 47.1 Å². The Kier molecular flexibility index (Phi) is 10.5. The summed E-state index contributed by atoms with van der Waals surface area (Å²) in [5.74, 6) is 0.453. The van der Waals surface area contributed by atoms with Crippen molar-refractivity contribution in [1.82, 2.24) is 9.80 Å². The van der Waals surface area contributed by atoms with E-state index in [1.165, 1.54) is 43.8 Å². The molecule has 2 saturated heterocycles. The molecule has 2 heterocycles. The maximum Gasteiger partial charge on any atom is 0.335 e. The molecule has 11 heteroatoms. The SMILES string of the molecule is COc1cc(C(=O)O)ccc1OCCCN1C(=O)/C(=C/c2cc(-c3ccc4cc(O)ccc4c3)ccc2OCCN2CCCC2)SC1=S. The van der Waals surface area contributed by atoms with Gasteiger partial charge in [-0.25, -0.2) is 4.79 Å². The molecule has 6 rings (SSSR count). The van der Waals surface area contributed by atoms with Crippen LogP contribution < -0.4 is 14.2 Å². The van der Waals surface area contributed by atoms with Crippen molar-refractivity contribution in [2.45, 2.75) is 19.3 Å². The zero-order valence-corrected chi connectivity index (χ0v) is 28.1. The van der Waals surface area contributed by atoms with E-state index in [-0.39, 0.29) is 23.8 Å². The highest BCUT2D eigenvalue weighted by molar-refractivity contribution is 8.26. The molecule has 4 aromatic rings. The number of phenols is 1. The van der Waals surface area contributed by atoms with Crippen molar-refractivity contribution in [3.63, 3.8) is 0 Å². The molecule has 48 heavy (non-hydrogen) atoms. The van der Waals surface area contributed by atoms with Crippen LogP contribution in [-0.2, 0) is 4.79 Å². The molecule has 1 amide bonds. The maximum absolute atomic E-state index is 13.6. The summed E-state index contributed by atoms with van der Waals surface area (Å²) in [6.07, 6.45) is 4.79. The number of carboxylic acids is 1. The van der Waals surface area contributed by atoms with Crippen molar-refractivity contribution >= 4 is 57.0 Å². The third-order valence-electron chi connectivity index (χ3n) is 8.39.